The molecule has 0 saturated heterocycles. The molecule has 20 heavy (non-hydrogen) atoms. The van der Waals surface area contributed by atoms with Crippen LogP contribution in [0.2, 0.25) is 0 Å². The molecule has 0 amide bonds. The Morgan fingerprint density at radius 1 is 1.40 bits per heavy atom. The Hall–Kier alpha value is -1.37. The predicted molar refractivity (Wildman–Crippen MR) is 74.4 cm³/mol. The van der Waals surface area contributed by atoms with Gasteiger partial charge in [-0.2, -0.15) is 0 Å². The average Bonchev–Trinajstić information content (AvgIpc) is 3.02. The van der Waals surface area contributed by atoms with Crippen molar-refractivity contribution in [3.05, 3.63) is 51.5 Å². The van der Waals surface area contributed by atoms with Crippen molar-refractivity contribution in [3.63, 3.8) is 0 Å². The molecule has 2 aromatic rings. The van der Waals surface area contributed by atoms with E-state index in [1.54, 1.807) is 17.5 Å². The van der Waals surface area contributed by atoms with Gasteiger partial charge in [0.2, 0.25) is 0 Å². The van der Waals surface area contributed by atoms with E-state index in [1.165, 1.54) is 6.07 Å². The molecule has 1 aliphatic rings. The van der Waals surface area contributed by atoms with Crippen molar-refractivity contribution in [2.45, 2.75) is 19.0 Å². The molecule has 3 rings (SSSR count). The maximum atomic E-state index is 13.9. The highest BCUT2D eigenvalue weighted by Crippen LogP contribution is 2.35. The van der Waals surface area contributed by atoms with Crippen molar-refractivity contribution in [2.75, 3.05) is 13.1 Å². The number of hydrogen-bond acceptors (Lipinski definition) is 4. The Balaban J connectivity index is 1.79. The lowest BCUT2D eigenvalue weighted by atomic mass is 10.0. The molecule has 0 bridgehead atoms. The fourth-order valence-electron chi connectivity index (χ4n) is 2.77. The van der Waals surface area contributed by atoms with Crippen LogP contribution in [0.15, 0.2) is 23.7 Å². The van der Waals surface area contributed by atoms with Gasteiger partial charge in [-0.1, -0.05) is 0 Å². The first kappa shape index (κ1) is 13.6. The molecule has 1 atom stereocenters. The third kappa shape index (κ3) is 2.46. The number of nitrogens with two attached hydrogens (primary N) is 1. The van der Waals surface area contributed by atoms with Gasteiger partial charge in [0.1, 0.15) is 11.6 Å². The van der Waals surface area contributed by atoms with Crippen LogP contribution in [-0.4, -0.2) is 23.0 Å². The summed E-state index contributed by atoms with van der Waals surface area (Å²) >= 11 is 1.60. The van der Waals surface area contributed by atoms with Gasteiger partial charge >= 0.3 is 0 Å². The zero-order chi connectivity index (χ0) is 14.1. The lowest BCUT2D eigenvalue weighted by molar-refractivity contribution is 0.220. The topological polar surface area (TPSA) is 42.1 Å². The van der Waals surface area contributed by atoms with E-state index in [9.17, 15) is 8.78 Å². The van der Waals surface area contributed by atoms with Crippen LogP contribution in [-0.2, 0) is 13.0 Å². The molecule has 0 radical (unpaired) electrons. The fraction of sp³-hybridized carbons (Fsp3) is 0.357. The Morgan fingerprint density at radius 3 is 2.95 bits per heavy atom. The average molecular weight is 295 g/mol. The summed E-state index contributed by atoms with van der Waals surface area (Å²) in [5.41, 5.74) is 7.03. The van der Waals surface area contributed by atoms with Gasteiger partial charge in [0.05, 0.1) is 11.0 Å². The lowest BCUT2D eigenvalue weighted by Gasteiger charge is -2.23. The summed E-state index contributed by atoms with van der Waals surface area (Å²) in [6.07, 6.45) is 2.57. The monoisotopic (exact) mass is 295 g/mol. The summed E-state index contributed by atoms with van der Waals surface area (Å²) in [4.78, 5) is 6.33. The second kappa shape index (κ2) is 5.55. The third-order valence-electron chi connectivity index (χ3n) is 3.65. The molecule has 1 aromatic carbocycles. The minimum absolute atomic E-state index is 0.175. The molecule has 2 N–H and O–H groups in total. The Labute approximate surface area is 120 Å². The first-order chi connectivity index (χ1) is 9.69. The molecule has 3 nitrogen and oxygen atoms in total. The molecular weight excluding hydrogens is 280 g/mol. The number of benzene rings is 1. The van der Waals surface area contributed by atoms with Gasteiger partial charge in [-0.3, -0.25) is 4.90 Å². The summed E-state index contributed by atoms with van der Waals surface area (Å²) in [7, 11) is 0. The molecule has 0 fully saturated rings. The summed E-state index contributed by atoms with van der Waals surface area (Å²) in [6.45, 7) is 1.61. The summed E-state index contributed by atoms with van der Waals surface area (Å²) in [6, 6.07) is 2.17. The largest absolute Gasteiger partial charge is 0.329 e. The summed E-state index contributed by atoms with van der Waals surface area (Å²) in [5.74, 6) is -1.02. The zero-order valence-electron chi connectivity index (χ0n) is 10.9. The number of thiazole rings is 1. The first-order valence-electron chi connectivity index (χ1n) is 6.49. The van der Waals surface area contributed by atoms with Gasteiger partial charge in [0, 0.05) is 49.3 Å². The lowest BCUT2D eigenvalue weighted by Crippen LogP contribution is -2.30. The van der Waals surface area contributed by atoms with E-state index in [2.05, 4.69) is 9.88 Å². The molecule has 1 aliphatic heterocycles. The smallest absolute Gasteiger partial charge is 0.131 e. The van der Waals surface area contributed by atoms with Crippen LogP contribution in [0, 0.1) is 11.6 Å². The number of halogens is 2. The van der Waals surface area contributed by atoms with Crippen molar-refractivity contribution < 1.29 is 8.78 Å². The van der Waals surface area contributed by atoms with Crippen molar-refractivity contribution in [1.29, 1.82) is 0 Å². The van der Waals surface area contributed by atoms with Crippen molar-refractivity contribution in [2.24, 2.45) is 5.73 Å². The van der Waals surface area contributed by atoms with Crippen molar-refractivity contribution >= 4 is 11.3 Å². The van der Waals surface area contributed by atoms with Crippen molar-refractivity contribution in [1.82, 2.24) is 9.88 Å². The highest BCUT2D eigenvalue weighted by Gasteiger charge is 2.32. The van der Waals surface area contributed by atoms with E-state index in [1.807, 2.05) is 5.38 Å². The molecule has 106 valence electrons. The molecule has 1 unspecified atom stereocenters. The number of fused-ring (bicyclic) bond motifs is 1. The number of nitrogens with zero attached hydrogens (tertiary/aromatic N) is 2. The SMILES string of the molecule is NCC1c2c(F)cc(F)cc2CN1CCc1nccs1. The van der Waals surface area contributed by atoms with Gasteiger partial charge in [-0.25, -0.2) is 13.8 Å². The molecule has 2 heterocycles. The molecule has 6 heteroatoms. The van der Waals surface area contributed by atoms with Crippen molar-refractivity contribution in [3.8, 4) is 0 Å². The van der Waals surface area contributed by atoms with Crippen LogP contribution in [0.25, 0.3) is 0 Å². The molecule has 0 spiro atoms. The minimum Gasteiger partial charge on any atom is -0.329 e. The fourth-order valence-corrected chi connectivity index (χ4v) is 3.38. The number of aromatic nitrogens is 1. The molecular formula is C14H15F2N3S. The van der Waals surface area contributed by atoms with Crippen LogP contribution in [0.3, 0.4) is 0 Å². The van der Waals surface area contributed by atoms with Gasteiger partial charge in [-0.05, 0) is 11.6 Å². The summed E-state index contributed by atoms with van der Waals surface area (Å²) < 4.78 is 27.2. The van der Waals surface area contributed by atoms with E-state index in [-0.39, 0.29) is 6.04 Å². The van der Waals surface area contributed by atoms with Gasteiger partial charge < -0.3 is 5.73 Å². The van der Waals surface area contributed by atoms with Crippen LogP contribution < -0.4 is 5.73 Å². The van der Waals surface area contributed by atoms with Crippen LogP contribution in [0.1, 0.15) is 22.2 Å². The standard InChI is InChI=1S/C14H15F2N3S/c15-10-5-9-8-19(3-1-13-18-2-4-20-13)12(7-17)14(9)11(16)6-10/h2,4-6,12H,1,3,7-8,17H2. The Bertz CT molecular complexity index is 601. The highest BCUT2D eigenvalue weighted by molar-refractivity contribution is 7.09. The van der Waals surface area contributed by atoms with E-state index in [0.29, 0.717) is 24.2 Å². The third-order valence-corrected chi connectivity index (χ3v) is 4.49. The van der Waals surface area contributed by atoms with Crippen LogP contribution in [0.4, 0.5) is 8.78 Å². The van der Waals surface area contributed by atoms with Gasteiger partial charge in [0.15, 0.2) is 0 Å². The highest BCUT2D eigenvalue weighted by atomic mass is 32.1. The van der Waals surface area contributed by atoms with Gasteiger partial charge in [-0.15, -0.1) is 11.3 Å². The maximum absolute atomic E-state index is 13.9. The van der Waals surface area contributed by atoms with E-state index in [0.717, 1.165) is 24.0 Å². The quantitative estimate of drug-likeness (QED) is 0.942. The minimum atomic E-state index is -0.529. The van der Waals surface area contributed by atoms with E-state index >= 15 is 0 Å². The molecule has 1 aromatic heterocycles. The van der Waals surface area contributed by atoms with Crippen LogP contribution in [0.5, 0.6) is 0 Å². The summed E-state index contributed by atoms with van der Waals surface area (Å²) in [5, 5.41) is 2.98. The zero-order valence-corrected chi connectivity index (χ0v) is 11.7. The second-order valence-electron chi connectivity index (χ2n) is 4.86. The number of rotatable bonds is 4. The van der Waals surface area contributed by atoms with Crippen LogP contribution >= 0.6 is 11.3 Å². The molecule has 0 aliphatic carbocycles. The maximum Gasteiger partial charge on any atom is 0.131 e. The predicted octanol–water partition coefficient (Wildman–Crippen LogP) is 2.48. The normalized spacial score (nSPS) is 18.4. The van der Waals surface area contributed by atoms with Gasteiger partial charge in [0.25, 0.3) is 0 Å². The second-order valence-corrected chi connectivity index (χ2v) is 5.84. The Kier molecular flexibility index (Phi) is 3.78. The number of hydrogen-bond donors (Lipinski definition) is 1. The first-order valence-corrected chi connectivity index (χ1v) is 7.37. The van der Waals surface area contributed by atoms with E-state index in [4.69, 9.17) is 5.73 Å². The Morgan fingerprint density at radius 2 is 2.25 bits per heavy atom. The molecule has 0 saturated carbocycles. The van der Waals surface area contributed by atoms with E-state index < -0.39 is 11.6 Å².